The Labute approximate surface area is 116 Å². The van der Waals surface area contributed by atoms with Gasteiger partial charge in [0.1, 0.15) is 0 Å². The molecule has 4 heteroatoms. The third-order valence-electron chi connectivity index (χ3n) is 4.25. The molecule has 1 heterocycles. The van der Waals surface area contributed by atoms with Gasteiger partial charge in [-0.25, -0.2) is 0 Å². The van der Waals surface area contributed by atoms with E-state index in [0.29, 0.717) is 11.6 Å². The first-order valence-electron chi connectivity index (χ1n) is 7.13. The van der Waals surface area contributed by atoms with Gasteiger partial charge in [-0.3, -0.25) is 4.99 Å². The maximum absolute atomic E-state index is 4.82. The molecule has 1 aliphatic carbocycles. The van der Waals surface area contributed by atoms with Crippen molar-refractivity contribution in [1.82, 2.24) is 10.2 Å². The largest absolute Gasteiger partial charge is 0.361 e. The van der Waals surface area contributed by atoms with Crippen LogP contribution in [-0.2, 0) is 0 Å². The van der Waals surface area contributed by atoms with Gasteiger partial charge in [0.25, 0.3) is 0 Å². The highest BCUT2D eigenvalue weighted by Crippen LogP contribution is 2.36. The first kappa shape index (κ1) is 14.2. The van der Waals surface area contributed by atoms with Gasteiger partial charge in [-0.1, -0.05) is 25.6 Å². The Morgan fingerprint density at radius 1 is 1.44 bits per heavy atom. The van der Waals surface area contributed by atoms with Gasteiger partial charge < -0.3 is 10.2 Å². The van der Waals surface area contributed by atoms with E-state index in [1.807, 2.05) is 11.8 Å². The number of nitrogens with zero attached hydrogens (tertiary/aromatic N) is 2. The van der Waals surface area contributed by atoms with Crippen LogP contribution < -0.4 is 5.32 Å². The van der Waals surface area contributed by atoms with Gasteiger partial charge in [0.05, 0.1) is 6.54 Å². The summed E-state index contributed by atoms with van der Waals surface area (Å²) in [6.07, 6.45) is 5.22. The van der Waals surface area contributed by atoms with Crippen LogP contribution in [0, 0.1) is 5.92 Å². The van der Waals surface area contributed by atoms with Gasteiger partial charge in [0, 0.05) is 17.3 Å². The number of nitrogens with one attached hydrogen (secondary N) is 1. The molecule has 2 rings (SSSR count). The summed E-state index contributed by atoms with van der Waals surface area (Å²) in [4.78, 5) is 7.19. The molecule has 104 valence electrons. The third kappa shape index (κ3) is 3.21. The molecule has 0 bridgehead atoms. The molecule has 1 saturated heterocycles. The second-order valence-electron chi connectivity index (χ2n) is 6.38. The van der Waals surface area contributed by atoms with E-state index in [1.165, 1.54) is 36.6 Å². The minimum atomic E-state index is 0.353. The molecular formula is C14H27N3S. The molecule has 18 heavy (non-hydrogen) atoms. The molecule has 0 aromatic heterocycles. The molecule has 1 unspecified atom stereocenters. The molecule has 1 N–H and O–H groups in total. The monoisotopic (exact) mass is 269 g/mol. The molecule has 0 aromatic rings. The van der Waals surface area contributed by atoms with Crippen molar-refractivity contribution in [3.8, 4) is 0 Å². The van der Waals surface area contributed by atoms with Crippen LogP contribution in [0.3, 0.4) is 0 Å². The molecule has 1 saturated carbocycles. The minimum Gasteiger partial charge on any atom is -0.361 e. The zero-order valence-corrected chi connectivity index (χ0v) is 13.0. The molecule has 2 aliphatic rings. The van der Waals surface area contributed by atoms with E-state index >= 15 is 0 Å². The number of likely N-dealkylation sites (N-methyl/N-ethyl adjacent to an activating group) is 1. The molecular weight excluding hydrogens is 242 g/mol. The van der Waals surface area contributed by atoms with Gasteiger partial charge >= 0.3 is 0 Å². The fourth-order valence-electron chi connectivity index (χ4n) is 2.78. The summed E-state index contributed by atoms with van der Waals surface area (Å²) in [5.41, 5.74) is 0.353. The quantitative estimate of drug-likeness (QED) is 0.831. The Morgan fingerprint density at radius 3 is 2.67 bits per heavy atom. The van der Waals surface area contributed by atoms with Gasteiger partial charge in [-0.15, -0.1) is 0 Å². The molecule has 0 amide bonds. The zero-order chi connectivity index (χ0) is 13.2. The Morgan fingerprint density at radius 2 is 2.17 bits per heavy atom. The number of hydrogen-bond acceptors (Lipinski definition) is 3. The van der Waals surface area contributed by atoms with Crippen molar-refractivity contribution in [2.75, 3.05) is 26.4 Å². The van der Waals surface area contributed by atoms with Crippen LogP contribution in [0.2, 0.25) is 0 Å². The molecule has 0 aromatic carbocycles. The average molecular weight is 269 g/mol. The van der Waals surface area contributed by atoms with Crippen molar-refractivity contribution in [3.05, 3.63) is 0 Å². The topological polar surface area (TPSA) is 27.6 Å². The van der Waals surface area contributed by atoms with Crippen LogP contribution in [-0.4, -0.2) is 48.0 Å². The fourth-order valence-corrected chi connectivity index (χ4v) is 3.76. The summed E-state index contributed by atoms with van der Waals surface area (Å²) in [5, 5.41) is 4.75. The van der Waals surface area contributed by atoms with Crippen LogP contribution in [0.25, 0.3) is 0 Å². The van der Waals surface area contributed by atoms with Gasteiger partial charge in [0.15, 0.2) is 5.17 Å². The van der Waals surface area contributed by atoms with E-state index in [4.69, 9.17) is 4.99 Å². The second kappa shape index (κ2) is 5.83. The third-order valence-corrected chi connectivity index (χ3v) is 5.34. The second-order valence-corrected chi connectivity index (χ2v) is 7.38. The summed E-state index contributed by atoms with van der Waals surface area (Å²) in [7, 11) is 4.38. The average Bonchev–Trinajstić information content (AvgIpc) is 2.62. The van der Waals surface area contributed by atoms with Crippen molar-refractivity contribution < 1.29 is 0 Å². The van der Waals surface area contributed by atoms with E-state index in [1.54, 1.807) is 0 Å². The predicted octanol–water partition coefficient (Wildman–Crippen LogP) is 2.58. The first-order chi connectivity index (χ1) is 8.52. The van der Waals surface area contributed by atoms with Crippen molar-refractivity contribution in [2.45, 2.75) is 51.1 Å². The lowest BCUT2D eigenvalue weighted by atomic mass is 9.76. The first-order valence-corrected chi connectivity index (χ1v) is 8.12. The minimum absolute atomic E-state index is 0.353. The smallest absolute Gasteiger partial charge is 0.156 e. The highest BCUT2D eigenvalue weighted by Gasteiger charge is 2.39. The summed E-state index contributed by atoms with van der Waals surface area (Å²) < 4.78 is 0. The summed E-state index contributed by atoms with van der Waals surface area (Å²) in [6, 6.07) is 0.630. The summed E-state index contributed by atoms with van der Waals surface area (Å²) >= 11 is 1.90. The number of aliphatic imine (C=N–C) groups is 1. The Balaban J connectivity index is 1.84. The van der Waals surface area contributed by atoms with Crippen molar-refractivity contribution in [1.29, 1.82) is 0 Å². The molecule has 1 atom stereocenters. The Bertz CT molecular complexity index is 308. The maximum atomic E-state index is 4.82. The van der Waals surface area contributed by atoms with Gasteiger partial charge in [0.2, 0.25) is 0 Å². The van der Waals surface area contributed by atoms with E-state index in [2.05, 4.69) is 38.2 Å². The zero-order valence-electron chi connectivity index (χ0n) is 12.2. The van der Waals surface area contributed by atoms with E-state index in [0.717, 1.165) is 12.5 Å². The number of hydrogen-bond donors (Lipinski definition) is 1. The van der Waals surface area contributed by atoms with Crippen LogP contribution in [0.15, 0.2) is 4.99 Å². The Hall–Kier alpha value is -0.220. The number of rotatable bonds is 5. The molecule has 0 spiro atoms. The van der Waals surface area contributed by atoms with E-state index in [-0.39, 0.29) is 0 Å². The number of amidine groups is 1. The van der Waals surface area contributed by atoms with Crippen molar-refractivity contribution in [3.63, 3.8) is 0 Å². The van der Waals surface area contributed by atoms with Crippen LogP contribution in [0.5, 0.6) is 0 Å². The fraction of sp³-hybridized carbons (Fsp3) is 0.929. The standard InChI is InChI=1S/C14H27N3S/c1-11(2)8-12-9-18-13(16-12)15-10-14(17(3)4)6-5-7-14/h11-12H,5-10H2,1-4H3,(H,15,16). The van der Waals surface area contributed by atoms with E-state index in [9.17, 15) is 0 Å². The van der Waals surface area contributed by atoms with E-state index < -0.39 is 0 Å². The van der Waals surface area contributed by atoms with Gasteiger partial charge in [-0.2, -0.15) is 0 Å². The molecule has 3 nitrogen and oxygen atoms in total. The normalized spacial score (nSPS) is 28.8. The van der Waals surface area contributed by atoms with Crippen LogP contribution in [0.4, 0.5) is 0 Å². The SMILES string of the molecule is CC(C)CC1CSC(=NCC2(N(C)C)CCC2)N1. The lowest BCUT2D eigenvalue weighted by molar-refractivity contribution is 0.0700. The van der Waals surface area contributed by atoms with Crippen molar-refractivity contribution >= 4 is 16.9 Å². The van der Waals surface area contributed by atoms with Crippen molar-refractivity contribution in [2.24, 2.45) is 10.9 Å². The summed E-state index contributed by atoms with van der Waals surface area (Å²) in [5.74, 6) is 1.95. The highest BCUT2D eigenvalue weighted by molar-refractivity contribution is 8.14. The lowest BCUT2D eigenvalue weighted by Gasteiger charge is -2.46. The molecule has 2 fully saturated rings. The predicted molar refractivity (Wildman–Crippen MR) is 81.4 cm³/mol. The number of thioether (sulfide) groups is 1. The van der Waals surface area contributed by atoms with Crippen LogP contribution in [0.1, 0.15) is 39.5 Å². The molecule has 0 radical (unpaired) electrons. The van der Waals surface area contributed by atoms with Crippen LogP contribution >= 0.6 is 11.8 Å². The van der Waals surface area contributed by atoms with Gasteiger partial charge in [-0.05, 0) is 45.7 Å². The maximum Gasteiger partial charge on any atom is 0.156 e. The molecule has 1 aliphatic heterocycles. The summed E-state index contributed by atoms with van der Waals surface area (Å²) in [6.45, 7) is 5.54. The Kier molecular flexibility index (Phi) is 4.59. The highest BCUT2D eigenvalue weighted by atomic mass is 32.2. The lowest BCUT2D eigenvalue weighted by Crippen LogP contribution is -2.52.